The molecule has 0 radical (unpaired) electrons. The summed E-state index contributed by atoms with van der Waals surface area (Å²) in [5, 5.41) is 7.56. The summed E-state index contributed by atoms with van der Waals surface area (Å²) in [6, 6.07) is 16.9. The van der Waals surface area contributed by atoms with Gasteiger partial charge < -0.3 is 4.98 Å². The largest absolute Gasteiger partial charge is 0.354 e. The first-order chi connectivity index (χ1) is 10.8. The number of hydrogen-bond acceptors (Lipinski definition) is 3. The minimum absolute atomic E-state index is 1.07. The maximum atomic E-state index is 4.41. The van der Waals surface area contributed by atoms with E-state index in [0.717, 1.165) is 17.0 Å². The van der Waals surface area contributed by atoms with Crippen molar-refractivity contribution in [3.8, 4) is 11.3 Å². The molecule has 4 nitrogen and oxygen atoms in total. The van der Waals surface area contributed by atoms with Crippen molar-refractivity contribution < 1.29 is 0 Å². The highest BCUT2D eigenvalue weighted by molar-refractivity contribution is 6.04. The van der Waals surface area contributed by atoms with Gasteiger partial charge in [0.05, 0.1) is 11.4 Å². The van der Waals surface area contributed by atoms with Crippen LogP contribution in [0.15, 0.2) is 59.5 Å². The van der Waals surface area contributed by atoms with Crippen LogP contribution in [0.4, 0.5) is 5.69 Å². The highest BCUT2D eigenvalue weighted by Gasteiger charge is 2.28. The highest BCUT2D eigenvalue weighted by Crippen LogP contribution is 2.42. The van der Waals surface area contributed by atoms with Gasteiger partial charge in [0.25, 0.3) is 0 Å². The van der Waals surface area contributed by atoms with Gasteiger partial charge in [0, 0.05) is 29.1 Å². The third kappa shape index (κ3) is 1.39. The zero-order chi connectivity index (χ0) is 14.7. The van der Waals surface area contributed by atoms with E-state index in [2.05, 4.69) is 69.6 Å². The van der Waals surface area contributed by atoms with Crippen LogP contribution in [0, 0.1) is 0 Å². The second-order valence-electron chi connectivity index (χ2n) is 5.60. The maximum absolute atomic E-state index is 4.41. The van der Waals surface area contributed by atoms with Gasteiger partial charge in [0.15, 0.2) is 0 Å². The first kappa shape index (κ1) is 11.6. The number of nitrogens with one attached hydrogen (secondary N) is 1. The summed E-state index contributed by atoms with van der Waals surface area (Å²) in [7, 11) is 1.98. The summed E-state index contributed by atoms with van der Waals surface area (Å²) in [4.78, 5) is 5.72. The van der Waals surface area contributed by atoms with Crippen molar-refractivity contribution in [3.05, 3.63) is 59.9 Å². The Kier molecular flexibility index (Phi) is 2.12. The molecular weight excluding hydrogens is 272 g/mol. The van der Waals surface area contributed by atoms with Gasteiger partial charge in [-0.1, -0.05) is 36.4 Å². The van der Waals surface area contributed by atoms with E-state index < -0.39 is 0 Å². The number of aromatic nitrogens is 1. The van der Waals surface area contributed by atoms with E-state index in [1.54, 1.807) is 0 Å². The van der Waals surface area contributed by atoms with E-state index in [1.165, 1.54) is 22.2 Å². The Morgan fingerprint density at radius 2 is 1.82 bits per heavy atom. The fourth-order valence-electron chi connectivity index (χ4n) is 3.30. The monoisotopic (exact) mass is 286 g/mol. The molecule has 0 bridgehead atoms. The van der Waals surface area contributed by atoms with Crippen molar-refractivity contribution in [1.29, 1.82) is 0 Å². The van der Waals surface area contributed by atoms with Crippen LogP contribution in [0.25, 0.3) is 28.2 Å². The van der Waals surface area contributed by atoms with E-state index >= 15 is 0 Å². The Balaban J connectivity index is 1.93. The third-order valence-electron chi connectivity index (χ3n) is 4.37. The van der Waals surface area contributed by atoms with Crippen molar-refractivity contribution in [2.75, 3.05) is 11.9 Å². The van der Waals surface area contributed by atoms with Gasteiger partial charge in [0.1, 0.15) is 12.2 Å². The van der Waals surface area contributed by atoms with Crippen LogP contribution in [-0.2, 0) is 0 Å². The number of anilines is 1. The van der Waals surface area contributed by atoms with Crippen LogP contribution in [0.5, 0.6) is 0 Å². The smallest absolute Gasteiger partial charge is 0.135 e. The van der Waals surface area contributed by atoms with Gasteiger partial charge in [-0.2, -0.15) is 5.10 Å². The molecule has 1 aromatic heterocycles. The second kappa shape index (κ2) is 4.01. The Bertz CT molecular complexity index is 964. The van der Waals surface area contributed by atoms with E-state index in [4.69, 9.17) is 0 Å². The Hall–Kier alpha value is -3.01. The normalized spacial score (nSPS) is 15.4. The number of aromatic amines is 1. The number of benzene rings is 2. The van der Waals surface area contributed by atoms with Crippen molar-refractivity contribution in [1.82, 2.24) is 9.99 Å². The molecule has 22 heavy (non-hydrogen) atoms. The molecule has 0 amide bonds. The fraction of sp³-hybridized carbons (Fsp3) is 0.0556. The van der Waals surface area contributed by atoms with Crippen molar-refractivity contribution in [2.24, 2.45) is 5.10 Å². The molecular formula is C18H14N4. The van der Waals surface area contributed by atoms with Gasteiger partial charge in [0.2, 0.25) is 0 Å². The molecule has 0 spiro atoms. The van der Waals surface area contributed by atoms with Crippen molar-refractivity contribution in [3.63, 3.8) is 0 Å². The minimum Gasteiger partial charge on any atom is -0.354 e. The molecule has 106 valence electrons. The molecule has 2 aromatic carbocycles. The molecule has 0 atom stereocenters. The average molecular weight is 286 g/mol. The first-order valence-corrected chi connectivity index (χ1v) is 7.32. The predicted octanol–water partition coefficient (Wildman–Crippen LogP) is 3.84. The van der Waals surface area contributed by atoms with E-state index in [-0.39, 0.29) is 0 Å². The first-order valence-electron chi connectivity index (χ1n) is 7.32. The lowest BCUT2D eigenvalue weighted by molar-refractivity contribution is 0.470. The molecule has 2 aliphatic rings. The summed E-state index contributed by atoms with van der Waals surface area (Å²) in [5.74, 6) is 1.07. The van der Waals surface area contributed by atoms with Gasteiger partial charge in [-0.25, -0.2) is 0 Å². The minimum atomic E-state index is 1.07. The molecule has 5 rings (SSSR count). The summed E-state index contributed by atoms with van der Waals surface area (Å²) in [6.07, 6.45) is 4.08. The Morgan fingerprint density at radius 1 is 1.00 bits per heavy atom. The summed E-state index contributed by atoms with van der Waals surface area (Å²) in [5.41, 5.74) is 5.89. The zero-order valence-corrected chi connectivity index (χ0v) is 12.1. The SMILES string of the molecule is CN1N=CN2C1=Cc1c([nH]c3ccccc13)-c1ccccc12. The van der Waals surface area contributed by atoms with E-state index in [1.807, 2.05) is 18.4 Å². The van der Waals surface area contributed by atoms with Crippen LogP contribution in [0.3, 0.4) is 0 Å². The van der Waals surface area contributed by atoms with Crippen LogP contribution in [0.2, 0.25) is 0 Å². The van der Waals surface area contributed by atoms with E-state index in [9.17, 15) is 0 Å². The molecule has 0 fully saturated rings. The predicted molar refractivity (Wildman–Crippen MR) is 90.4 cm³/mol. The quantitative estimate of drug-likeness (QED) is 0.681. The van der Waals surface area contributed by atoms with Crippen molar-refractivity contribution >= 4 is 29.0 Å². The van der Waals surface area contributed by atoms with Gasteiger partial charge in [-0.15, -0.1) is 0 Å². The number of hydrogen-bond donors (Lipinski definition) is 1. The fourth-order valence-corrected chi connectivity index (χ4v) is 3.30. The molecule has 0 saturated carbocycles. The van der Waals surface area contributed by atoms with Crippen LogP contribution >= 0.6 is 0 Å². The highest BCUT2D eigenvalue weighted by atomic mass is 15.6. The average Bonchev–Trinajstić information content (AvgIpc) is 3.06. The molecule has 4 heteroatoms. The molecule has 0 saturated heterocycles. The molecule has 1 N–H and O–H groups in total. The van der Waals surface area contributed by atoms with Crippen LogP contribution in [0.1, 0.15) is 5.56 Å². The molecule has 3 heterocycles. The lowest BCUT2D eigenvalue weighted by Crippen LogP contribution is -2.21. The lowest BCUT2D eigenvalue weighted by Gasteiger charge is -2.20. The molecule has 3 aromatic rings. The number of fused-ring (bicyclic) bond motifs is 7. The maximum Gasteiger partial charge on any atom is 0.135 e. The van der Waals surface area contributed by atoms with Crippen molar-refractivity contribution in [2.45, 2.75) is 0 Å². The number of hydrazone groups is 1. The number of rotatable bonds is 0. The van der Waals surface area contributed by atoms with Gasteiger partial charge in [-0.05, 0) is 18.2 Å². The van der Waals surface area contributed by atoms with Crippen LogP contribution in [-0.4, -0.2) is 23.4 Å². The second-order valence-corrected chi connectivity index (χ2v) is 5.60. The number of H-pyrrole nitrogens is 1. The molecule has 0 unspecified atom stereocenters. The van der Waals surface area contributed by atoms with Gasteiger partial charge >= 0.3 is 0 Å². The number of para-hydroxylation sites is 2. The Morgan fingerprint density at radius 3 is 2.77 bits per heavy atom. The van der Waals surface area contributed by atoms with Gasteiger partial charge in [-0.3, -0.25) is 9.91 Å². The lowest BCUT2D eigenvalue weighted by atomic mass is 10.0. The number of nitrogens with zero attached hydrogens (tertiary/aromatic N) is 3. The molecule has 0 aliphatic carbocycles. The van der Waals surface area contributed by atoms with E-state index in [0.29, 0.717) is 0 Å². The Labute approximate surface area is 128 Å². The molecule has 2 aliphatic heterocycles. The third-order valence-corrected chi connectivity index (χ3v) is 4.37. The zero-order valence-electron chi connectivity index (χ0n) is 12.1. The summed E-state index contributed by atoms with van der Waals surface area (Å²) >= 11 is 0. The summed E-state index contributed by atoms with van der Waals surface area (Å²) in [6.45, 7) is 0. The summed E-state index contributed by atoms with van der Waals surface area (Å²) < 4.78 is 0. The topological polar surface area (TPSA) is 34.6 Å². The van der Waals surface area contributed by atoms with Crippen LogP contribution < -0.4 is 4.90 Å². The standard InChI is InChI=1S/C18H14N4/c1-21-17-10-14-12-6-2-4-8-15(12)20-18(14)13-7-3-5-9-16(13)22(17)11-19-21/h2-11,20H,1H3.